The van der Waals surface area contributed by atoms with Crippen LogP contribution in [0.3, 0.4) is 0 Å². The Morgan fingerprint density at radius 1 is 0.972 bits per heavy atom. The molecule has 0 bridgehead atoms. The minimum atomic E-state index is -4.68. The summed E-state index contributed by atoms with van der Waals surface area (Å²) in [5.74, 6) is -2.92. The van der Waals surface area contributed by atoms with Gasteiger partial charge in [-0.25, -0.2) is 8.42 Å². The maximum absolute atomic E-state index is 13.2. The zero-order valence-corrected chi connectivity index (χ0v) is 20.5. The number of alkyl halides is 3. The number of nitrogens with zero attached hydrogens (tertiary/aromatic N) is 1. The first-order valence-corrected chi connectivity index (χ1v) is 12.7. The van der Waals surface area contributed by atoms with Gasteiger partial charge in [0.15, 0.2) is 15.4 Å². The lowest BCUT2D eigenvalue weighted by molar-refractivity contribution is -0.137. The number of carbonyl (C=O) groups excluding carboxylic acids is 1. The average molecular weight is 557 g/mol. The van der Waals surface area contributed by atoms with Crippen LogP contribution in [0.2, 0.25) is 10.0 Å². The first-order chi connectivity index (χ1) is 16.7. The van der Waals surface area contributed by atoms with E-state index in [1.165, 1.54) is 42.5 Å². The van der Waals surface area contributed by atoms with Crippen LogP contribution in [0, 0.1) is 11.3 Å². The summed E-state index contributed by atoms with van der Waals surface area (Å²) in [6.07, 6.45) is -4.68. The van der Waals surface area contributed by atoms with Gasteiger partial charge in [0.1, 0.15) is 6.07 Å². The van der Waals surface area contributed by atoms with Gasteiger partial charge in [0.05, 0.1) is 27.7 Å². The first-order valence-electron chi connectivity index (χ1n) is 10.1. The lowest BCUT2D eigenvalue weighted by Crippen LogP contribution is -2.46. The van der Waals surface area contributed by atoms with E-state index in [2.05, 4.69) is 5.32 Å². The van der Waals surface area contributed by atoms with Crippen LogP contribution in [-0.2, 0) is 32.2 Å². The van der Waals surface area contributed by atoms with Crippen molar-refractivity contribution < 1.29 is 31.5 Å². The second-order valence-corrected chi connectivity index (χ2v) is 10.8. The molecular weight excluding hydrogens is 540 g/mol. The molecular formula is C24H17Cl2F3N2O4S. The van der Waals surface area contributed by atoms with E-state index in [0.29, 0.717) is 22.7 Å². The molecule has 12 heteroatoms. The Bertz CT molecular complexity index is 1420. The van der Waals surface area contributed by atoms with Gasteiger partial charge < -0.3 is 10.4 Å². The topological polar surface area (TPSA) is 107 Å². The Morgan fingerprint density at radius 2 is 1.56 bits per heavy atom. The van der Waals surface area contributed by atoms with Crippen LogP contribution < -0.4 is 5.32 Å². The van der Waals surface area contributed by atoms with Crippen LogP contribution in [0.1, 0.15) is 22.3 Å². The largest absolute Gasteiger partial charge is 0.416 e. The van der Waals surface area contributed by atoms with Gasteiger partial charge in [-0.15, -0.1) is 0 Å². The minimum Gasteiger partial charge on any atom is -0.374 e. The minimum absolute atomic E-state index is 0.0104. The number of benzene rings is 3. The molecule has 1 atom stereocenters. The molecule has 0 heterocycles. The van der Waals surface area contributed by atoms with Gasteiger partial charge in [-0.3, -0.25) is 4.79 Å². The number of rotatable bonds is 7. The zero-order valence-electron chi connectivity index (χ0n) is 18.2. The number of nitriles is 1. The number of carbonyl (C=O) groups is 1. The van der Waals surface area contributed by atoms with Crippen LogP contribution in [0.4, 0.5) is 18.9 Å². The Morgan fingerprint density at radius 3 is 2.08 bits per heavy atom. The van der Waals surface area contributed by atoms with Crippen LogP contribution in [-0.4, -0.2) is 25.2 Å². The molecule has 0 aliphatic heterocycles. The summed E-state index contributed by atoms with van der Waals surface area (Å²) in [4.78, 5) is 13.2. The number of amides is 1. The molecule has 0 aliphatic carbocycles. The molecule has 0 fully saturated rings. The van der Waals surface area contributed by atoms with E-state index in [0.717, 1.165) is 12.1 Å². The molecule has 6 nitrogen and oxygen atoms in total. The second kappa shape index (κ2) is 10.5. The molecule has 188 valence electrons. The highest BCUT2D eigenvalue weighted by Crippen LogP contribution is 2.33. The molecule has 3 aromatic rings. The molecule has 0 radical (unpaired) electrons. The number of hydrogen-bond donors (Lipinski definition) is 2. The molecule has 0 spiro atoms. The van der Waals surface area contributed by atoms with Gasteiger partial charge in [0, 0.05) is 10.7 Å². The molecule has 3 rings (SSSR count). The third-order valence-electron chi connectivity index (χ3n) is 5.14. The summed E-state index contributed by atoms with van der Waals surface area (Å²) in [7, 11) is -4.19. The SMILES string of the molecule is N#Cc1ccc(NC(=O)C(O)(CS(=O)(=O)Cc2ccc(Cl)cc2)c2ccc(C(F)(F)F)cc2)cc1Cl. The summed E-state index contributed by atoms with van der Waals surface area (Å²) in [5, 5.41) is 23.0. The van der Waals surface area contributed by atoms with E-state index in [1.54, 1.807) is 0 Å². The van der Waals surface area contributed by atoms with Gasteiger partial charge in [-0.05, 0) is 53.6 Å². The fourth-order valence-electron chi connectivity index (χ4n) is 3.34. The van der Waals surface area contributed by atoms with Gasteiger partial charge in [0.25, 0.3) is 5.91 Å². The quantitative estimate of drug-likeness (QED) is 0.409. The highest BCUT2D eigenvalue weighted by atomic mass is 35.5. The predicted octanol–water partition coefficient (Wildman–Crippen LogP) is 5.33. The lowest BCUT2D eigenvalue weighted by atomic mass is 9.93. The smallest absolute Gasteiger partial charge is 0.374 e. The van der Waals surface area contributed by atoms with E-state index in [1.807, 2.05) is 6.07 Å². The molecule has 2 N–H and O–H groups in total. The predicted molar refractivity (Wildman–Crippen MR) is 129 cm³/mol. The second-order valence-electron chi connectivity index (χ2n) is 7.85. The Hall–Kier alpha value is -3.10. The summed E-state index contributed by atoms with van der Waals surface area (Å²) < 4.78 is 65.0. The van der Waals surface area contributed by atoms with Gasteiger partial charge in [-0.2, -0.15) is 18.4 Å². The van der Waals surface area contributed by atoms with Gasteiger partial charge in [0.2, 0.25) is 0 Å². The first kappa shape index (κ1) is 27.5. The third-order valence-corrected chi connectivity index (χ3v) is 7.34. The Labute approximate surface area is 214 Å². The molecule has 0 aromatic heterocycles. The van der Waals surface area contributed by atoms with Gasteiger partial charge >= 0.3 is 6.18 Å². The van der Waals surface area contributed by atoms with E-state index in [4.69, 9.17) is 28.5 Å². The average Bonchev–Trinajstić information content (AvgIpc) is 2.79. The van der Waals surface area contributed by atoms with Crippen molar-refractivity contribution in [1.82, 2.24) is 0 Å². The lowest BCUT2D eigenvalue weighted by Gasteiger charge is -2.28. The van der Waals surface area contributed by atoms with Crippen molar-refractivity contribution in [3.63, 3.8) is 0 Å². The molecule has 1 unspecified atom stereocenters. The summed E-state index contributed by atoms with van der Waals surface area (Å²) in [6.45, 7) is 0. The van der Waals surface area contributed by atoms with Crippen LogP contribution in [0.15, 0.2) is 66.7 Å². The standard InChI is InChI=1S/C24H17Cl2F3N2O4S/c25-19-8-1-15(2-9-19)13-36(34,35)14-23(33,17-4-6-18(7-5-17)24(27,28)29)22(32)31-20-10-3-16(12-30)21(26)11-20/h1-11,33H,13-14H2,(H,31,32). The molecule has 0 aliphatic rings. The maximum atomic E-state index is 13.2. The molecule has 36 heavy (non-hydrogen) atoms. The number of anilines is 1. The van der Waals surface area contributed by atoms with E-state index < -0.39 is 44.6 Å². The number of nitrogens with one attached hydrogen (secondary N) is 1. The van der Waals surface area contributed by atoms with Crippen molar-refractivity contribution in [2.45, 2.75) is 17.5 Å². The summed E-state index contributed by atoms with van der Waals surface area (Å²) in [5.41, 5.74) is -3.71. The van der Waals surface area contributed by atoms with Crippen LogP contribution in [0.25, 0.3) is 0 Å². The summed E-state index contributed by atoms with van der Waals surface area (Å²) >= 11 is 11.8. The fourth-order valence-corrected chi connectivity index (χ4v) is 5.42. The van der Waals surface area contributed by atoms with Crippen molar-refractivity contribution in [2.75, 3.05) is 11.1 Å². The number of sulfone groups is 1. The van der Waals surface area contributed by atoms with E-state index in [9.17, 15) is 31.5 Å². The Balaban J connectivity index is 1.99. The molecule has 3 aromatic carbocycles. The van der Waals surface area contributed by atoms with Gasteiger partial charge in [-0.1, -0.05) is 47.5 Å². The van der Waals surface area contributed by atoms with E-state index in [-0.39, 0.29) is 21.8 Å². The normalized spacial score (nSPS) is 13.5. The zero-order chi connectivity index (χ0) is 26.7. The number of halogens is 5. The highest BCUT2D eigenvalue weighted by molar-refractivity contribution is 7.90. The fraction of sp³-hybridized carbons (Fsp3) is 0.167. The monoisotopic (exact) mass is 556 g/mol. The van der Waals surface area contributed by atoms with Crippen molar-refractivity contribution in [2.24, 2.45) is 0 Å². The van der Waals surface area contributed by atoms with Crippen LogP contribution >= 0.6 is 23.2 Å². The van der Waals surface area contributed by atoms with Crippen molar-refractivity contribution in [3.8, 4) is 6.07 Å². The third kappa shape index (κ3) is 6.56. The molecule has 0 saturated carbocycles. The number of aliphatic hydroxyl groups is 1. The molecule has 1 amide bonds. The number of hydrogen-bond acceptors (Lipinski definition) is 5. The van der Waals surface area contributed by atoms with Crippen molar-refractivity contribution in [1.29, 1.82) is 5.26 Å². The van der Waals surface area contributed by atoms with E-state index >= 15 is 0 Å². The maximum Gasteiger partial charge on any atom is 0.416 e. The van der Waals surface area contributed by atoms with Crippen LogP contribution in [0.5, 0.6) is 0 Å². The Kier molecular flexibility index (Phi) is 8.00. The molecule has 0 saturated heterocycles. The highest BCUT2D eigenvalue weighted by Gasteiger charge is 2.43. The van der Waals surface area contributed by atoms with Crippen molar-refractivity contribution in [3.05, 3.63) is 99.0 Å². The summed E-state index contributed by atoms with van der Waals surface area (Å²) in [6, 6.07) is 14.4. The van der Waals surface area contributed by atoms with Crippen molar-refractivity contribution >= 4 is 44.6 Å².